The van der Waals surface area contributed by atoms with Gasteiger partial charge in [-0.25, -0.2) is 0 Å². The van der Waals surface area contributed by atoms with Crippen molar-refractivity contribution in [3.8, 4) is 5.75 Å². The second-order valence-electron chi connectivity index (χ2n) is 2.83. The number of para-hydroxylation sites is 1. The molecule has 4 nitrogen and oxygen atoms in total. The van der Waals surface area contributed by atoms with Gasteiger partial charge in [-0.05, 0) is 19.1 Å². The Kier molecular flexibility index (Phi) is 8.29. The summed E-state index contributed by atoms with van der Waals surface area (Å²) in [4.78, 5) is 10.7. The number of carboxylic acid groups (broad SMARTS) is 1. The molecule has 1 aromatic carbocycles. The van der Waals surface area contributed by atoms with E-state index in [2.05, 4.69) is 0 Å². The average Bonchev–Trinajstić information content (AvgIpc) is 2.25. The monoisotopic (exact) mass is 232 g/mol. The van der Waals surface area contributed by atoms with E-state index in [0.717, 1.165) is 0 Å². The SMILES string of the molecule is CCOCCOc1ccccc1C(=O)[O-].[Na+]. The van der Waals surface area contributed by atoms with Gasteiger partial charge in [0.05, 0.1) is 12.6 Å². The van der Waals surface area contributed by atoms with Gasteiger partial charge in [0.25, 0.3) is 0 Å². The number of aromatic carboxylic acids is 1. The van der Waals surface area contributed by atoms with Crippen molar-refractivity contribution in [2.75, 3.05) is 19.8 Å². The zero-order valence-electron chi connectivity index (χ0n) is 9.56. The summed E-state index contributed by atoms with van der Waals surface area (Å²) in [6, 6.07) is 6.38. The molecule has 0 radical (unpaired) electrons. The zero-order valence-corrected chi connectivity index (χ0v) is 11.6. The largest absolute Gasteiger partial charge is 1.00 e. The Morgan fingerprint density at radius 1 is 1.31 bits per heavy atom. The maximum atomic E-state index is 10.7. The third-order valence-corrected chi connectivity index (χ3v) is 1.80. The number of hydrogen-bond donors (Lipinski definition) is 0. The second kappa shape index (κ2) is 8.58. The van der Waals surface area contributed by atoms with Gasteiger partial charge < -0.3 is 19.4 Å². The third-order valence-electron chi connectivity index (χ3n) is 1.80. The van der Waals surface area contributed by atoms with Crippen molar-refractivity contribution in [2.24, 2.45) is 0 Å². The first-order valence-electron chi connectivity index (χ1n) is 4.76. The number of rotatable bonds is 6. The summed E-state index contributed by atoms with van der Waals surface area (Å²) in [6.45, 7) is 3.27. The molecule has 0 spiro atoms. The first kappa shape index (κ1) is 15.4. The van der Waals surface area contributed by atoms with Crippen molar-refractivity contribution in [1.82, 2.24) is 0 Å². The molecule has 82 valence electrons. The molecule has 0 aliphatic carbocycles. The van der Waals surface area contributed by atoms with Crippen LogP contribution in [-0.2, 0) is 4.74 Å². The van der Waals surface area contributed by atoms with Crippen LogP contribution >= 0.6 is 0 Å². The molecule has 1 rings (SSSR count). The third kappa shape index (κ3) is 4.99. The normalized spacial score (nSPS) is 9.31. The number of ether oxygens (including phenoxy) is 2. The molecule has 0 atom stereocenters. The molecule has 0 N–H and O–H groups in total. The van der Waals surface area contributed by atoms with Crippen LogP contribution in [0, 0.1) is 0 Å². The summed E-state index contributed by atoms with van der Waals surface area (Å²) in [5, 5.41) is 10.7. The molecule has 0 aromatic heterocycles. The minimum Gasteiger partial charge on any atom is -0.545 e. The summed E-state index contributed by atoms with van der Waals surface area (Å²) in [6.07, 6.45) is 0. The van der Waals surface area contributed by atoms with Gasteiger partial charge >= 0.3 is 29.6 Å². The number of carboxylic acids is 1. The van der Waals surface area contributed by atoms with Crippen LogP contribution in [0.2, 0.25) is 0 Å². The molecule has 0 unspecified atom stereocenters. The van der Waals surface area contributed by atoms with Gasteiger partial charge in [-0.1, -0.05) is 12.1 Å². The molecule has 0 aliphatic rings. The molecular weight excluding hydrogens is 219 g/mol. The quantitative estimate of drug-likeness (QED) is 0.401. The van der Waals surface area contributed by atoms with Gasteiger partial charge in [0.15, 0.2) is 0 Å². The zero-order chi connectivity index (χ0) is 11.1. The van der Waals surface area contributed by atoms with E-state index in [0.29, 0.717) is 25.6 Å². The molecule has 5 heteroatoms. The van der Waals surface area contributed by atoms with Crippen LogP contribution in [0.3, 0.4) is 0 Å². The molecule has 0 saturated carbocycles. The van der Waals surface area contributed by atoms with E-state index in [1.165, 1.54) is 6.07 Å². The Hall–Kier alpha value is -0.550. The van der Waals surface area contributed by atoms with Crippen LogP contribution in [0.4, 0.5) is 0 Å². The van der Waals surface area contributed by atoms with E-state index in [1.807, 2.05) is 6.92 Å². The Morgan fingerprint density at radius 3 is 2.62 bits per heavy atom. The summed E-state index contributed by atoms with van der Waals surface area (Å²) >= 11 is 0. The van der Waals surface area contributed by atoms with Crippen LogP contribution < -0.4 is 39.4 Å². The predicted octanol–water partition coefficient (Wildman–Crippen LogP) is -2.53. The topological polar surface area (TPSA) is 58.6 Å². The standard InChI is InChI=1S/C11H14O4.Na/c1-2-14-7-8-15-10-6-4-3-5-9(10)11(12)13;/h3-6H,2,7-8H2,1H3,(H,12,13);/q;+1/p-1. The van der Waals surface area contributed by atoms with Crippen LogP contribution in [0.15, 0.2) is 24.3 Å². The first-order valence-corrected chi connectivity index (χ1v) is 4.76. The van der Waals surface area contributed by atoms with Crippen LogP contribution in [0.5, 0.6) is 5.75 Å². The molecule has 0 aliphatic heterocycles. The Morgan fingerprint density at radius 2 is 2.00 bits per heavy atom. The van der Waals surface area contributed by atoms with Gasteiger partial charge in [-0.15, -0.1) is 0 Å². The maximum absolute atomic E-state index is 10.7. The van der Waals surface area contributed by atoms with Crippen molar-refractivity contribution in [2.45, 2.75) is 6.92 Å². The van der Waals surface area contributed by atoms with E-state index in [-0.39, 0.29) is 35.1 Å². The van der Waals surface area contributed by atoms with Gasteiger partial charge in [-0.3, -0.25) is 0 Å². The molecule has 0 bridgehead atoms. The van der Waals surface area contributed by atoms with Crippen molar-refractivity contribution >= 4 is 5.97 Å². The Labute approximate surface area is 117 Å². The van der Waals surface area contributed by atoms with Crippen LogP contribution in [-0.4, -0.2) is 25.8 Å². The average molecular weight is 232 g/mol. The van der Waals surface area contributed by atoms with Crippen LogP contribution in [0.1, 0.15) is 17.3 Å². The molecule has 1 aromatic rings. The fraction of sp³-hybridized carbons (Fsp3) is 0.364. The number of hydrogen-bond acceptors (Lipinski definition) is 4. The number of carbonyl (C=O) groups excluding carboxylic acids is 1. The van der Waals surface area contributed by atoms with Gasteiger partial charge in [0.1, 0.15) is 12.4 Å². The Balaban J connectivity index is 0.00000225. The summed E-state index contributed by atoms with van der Waals surface area (Å²) in [5.74, 6) is -0.917. The van der Waals surface area contributed by atoms with E-state index in [4.69, 9.17) is 9.47 Å². The molecule has 16 heavy (non-hydrogen) atoms. The van der Waals surface area contributed by atoms with E-state index in [9.17, 15) is 9.90 Å². The fourth-order valence-electron chi connectivity index (χ4n) is 1.12. The summed E-state index contributed by atoms with van der Waals surface area (Å²) < 4.78 is 10.3. The predicted molar refractivity (Wildman–Crippen MR) is 52.8 cm³/mol. The molecule has 0 fully saturated rings. The molecule has 0 heterocycles. The van der Waals surface area contributed by atoms with E-state index in [1.54, 1.807) is 18.2 Å². The van der Waals surface area contributed by atoms with Gasteiger partial charge in [-0.2, -0.15) is 0 Å². The summed E-state index contributed by atoms with van der Waals surface area (Å²) in [7, 11) is 0. The van der Waals surface area contributed by atoms with Gasteiger partial charge in [0, 0.05) is 12.2 Å². The first-order chi connectivity index (χ1) is 7.25. The second-order valence-corrected chi connectivity index (χ2v) is 2.83. The van der Waals surface area contributed by atoms with E-state index < -0.39 is 5.97 Å². The number of benzene rings is 1. The fourth-order valence-corrected chi connectivity index (χ4v) is 1.12. The van der Waals surface area contributed by atoms with Crippen molar-refractivity contribution in [3.05, 3.63) is 29.8 Å². The molecule has 0 amide bonds. The van der Waals surface area contributed by atoms with Crippen molar-refractivity contribution in [1.29, 1.82) is 0 Å². The number of carbonyl (C=O) groups is 1. The smallest absolute Gasteiger partial charge is 0.545 e. The van der Waals surface area contributed by atoms with Crippen LogP contribution in [0.25, 0.3) is 0 Å². The Bertz CT molecular complexity index is 328. The van der Waals surface area contributed by atoms with Crippen molar-refractivity contribution in [3.63, 3.8) is 0 Å². The molecular formula is C11H13NaO4. The maximum Gasteiger partial charge on any atom is 1.00 e. The summed E-state index contributed by atoms with van der Waals surface area (Å²) in [5.41, 5.74) is 0.0639. The van der Waals surface area contributed by atoms with Gasteiger partial charge in [0.2, 0.25) is 0 Å². The minimum atomic E-state index is -1.23. The minimum absolute atomic E-state index is 0. The van der Waals surface area contributed by atoms with Crippen molar-refractivity contribution < 1.29 is 48.9 Å². The van der Waals surface area contributed by atoms with E-state index >= 15 is 0 Å². The molecule has 0 saturated heterocycles.